The molecule has 2 heterocycles. The Morgan fingerprint density at radius 1 is 0.818 bits per heavy atom. The number of carbonyl (C=O) groups excluding carboxylic acids is 2. The maximum absolute atomic E-state index is 13.6. The maximum Gasteiger partial charge on any atom is 0.266 e. The van der Waals surface area contributed by atoms with Crippen LogP contribution in [0.25, 0.3) is 0 Å². The quantitative estimate of drug-likeness (QED) is 0.484. The number of imide groups is 1. The zero-order valence-electron chi connectivity index (χ0n) is 18.0. The van der Waals surface area contributed by atoms with Gasteiger partial charge in [0.15, 0.2) is 6.10 Å². The van der Waals surface area contributed by atoms with Crippen LogP contribution in [-0.4, -0.2) is 32.0 Å². The molecule has 3 aromatic rings. The van der Waals surface area contributed by atoms with Crippen LogP contribution in [-0.2, 0) is 14.4 Å². The van der Waals surface area contributed by atoms with Gasteiger partial charge in [-0.25, -0.2) is 9.96 Å². The van der Waals surface area contributed by atoms with Crippen LogP contribution in [0.2, 0.25) is 10.0 Å². The molecule has 2 amide bonds. The van der Waals surface area contributed by atoms with E-state index in [1.807, 2.05) is 73.6 Å². The van der Waals surface area contributed by atoms with Gasteiger partial charge in [-0.05, 0) is 48.0 Å². The number of hydroxylamine groups is 1. The molecule has 0 unspecified atom stereocenters. The molecule has 2 aliphatic heterocycles. The first kappa shape index (κ1) is 21.8. The normalized spacial score (nSPS) is 22.1. The highest BCUT2D eigenvalue weighted by Crippen LogP contribution is 2.48. The van der Waals surface area contributed by atoms with E-state index in [-0.39, 0.29) is 10.9 Å². The molecule has 3 atom stereocenters. The topological polar surface area (TPSA) is 53.1 Å². The monoisotopic (exact) mass is 481 g/mol. The summed E-state index contributed by atoms with van der Waals surface area (Å²) in [5.74, 6) is -1.46. The zero-order chi connectivity index (χ0) is 23.3. The van der Waals surface area contributed by atoms with E-state index < -0.39 is 24.0 Å². The Balaban J connectivity index is 1.57. The summed E-state index contributed by atoms with van der Waals surface area (Å²) in [6.07, 6.45) is -0.939. The smallest absolute Gasteiger partial charge is 0.266 e. The molecule has 3 aromatic carbocycles. The van der Waals surface area contributed by atoms with E-state index >= 15 is 0 Å². The second-order valence-electron chi connectivity index (χ2n) is 8.25. The van der Waals surface area contributed by atoms with Crippen LogP contribution in [0.1, 0.15) is 11.6 Å². The van der Waals surface area contributed by atoms with Crippen LogP contribution in [0.15, 0.2) is 72.8 Å². The van der Waals surface area contributed by atoms with Crippen molar-refractivity contribution in [3.8, 4) is 0 Å². The van der Waals surface area contributed by atoms with Crippen LogP contribution in [0.3, 0.4) is 0 Å². The van der Waals surface area contributed by atoms with Crippen molar-refractivity contribution in [2.24, 2.45) is 5.92 Å². The average Bonchev–Trinajstić information content (AvgIpc) is 3.32. The lowest BCUT2D eigenvalue weighted by Crippen LogP contribution is -2.37. The molecule has 0 aromatic heterocycles. The van der Waals surface area contributed by atoms with Gasteiger partial charge < -0.3 is 4.90 Å². The summed E-state index contributed by atoms with van der Waals surface area (Å²) in [7, 11) is 3.93. The van der Waals surface area contributed by atoms with Gasteiger partial charge >= 0.3 is 0 Å². The second-order valence-corrected chi connectivity index (χ2v) is 9.07. The Morgan fingerprint density at radius 2 is 1.52 bits per heavy atom. The molecule has 2 fully saturated rings. The zero-order valence-corrected chi connectivity index (χ0v) is 19.5. The minimum absolute atomic E-state index is 0.273. The third kappa shape index (κ3) is 3.64. The highest BCUT2D eigenvalue weighted by Gasteiger charge is 2.60. The Hall–Kier alpha value is -3.06. The molecule has 0 radical (unpaired) electrons. The molecule has 2 aliphatic rings. The molecule has 0 saturated carbocycles. The van der Waals surface area contributed by atoms with Crippen molar-refractivity contribution in [2.75, 3.05) is 29.0 Å². The Morgan fingerprint density at radius 3 is 2.15 bits per heavy atom. The van der Waals surface area contributed by atoms with Gasteiger partial charge in [-0.3, -0.25) is 14.4 Å². The SMILES string of the molecule is CN(C)c1ccc([C@H]2[C@H]3C(=O)N(c4ccc(Cl)c(Cl)c4)C(=O)[C@@H]3ON2c2ccccc2)cc1. The van der Waals surface area contributed by atoms with Gasteiger partial charge in [-0.15, -0.1) is 0 Å². The number of hydrogen-bond donors (Lipinski definition) is 0. The summed E-state index contributed by atoms with van der Waals surface area (Å²) >= 11 is 12.2. The molecule has 0 spiro atoms. The summed E-state index contributed by atoms with van der Waals surface area (Å²) in [6.45, 7) is 0. The molecule has 8 heteroatoms. The first-order valence-corrected chi connectivity index (χ1v) is 11.2. The lowest BCUT2D eigenvalue weighted by Gasteiger charge is -2.29. The van der Waals surface area contributed by atoms with Crippen molar-refractivity contribution < 1.29 is 14.4 Å². The lowest BCUT2D eigenvalue weighted by atomic mass is 9.90. The molecular formula is C25H21Cl2N3O3. The van der Waals surface area contributed by atoms with Gasteiger partial charge in [-0.1, -0.05) is 53.5 Å². The molecule has 0 N–H and O–H groups in total. The summed E-state index contributed by atoms with van der Waals surface area (Å²) in [6, 6.07) is 21.6. The standard InChI is InChI=1S/C25H21Cl2N3O3/c1-28(2)16-10-8-15(9-11-16)22-21-23(33-30(22)17-6-4-3-5-7-17)25(32)29(24(21)31)18-12-13-19(26)20(27)14-18/h3-14,21-23H,1-2H3/t21-,22+,23-/m1/s1. The van der Waals surface area contributed by atoms with Gasteiger partial charge in [0.1, 0.15) is 5.92 Å². The van der Waals surface area contributed by atoms with E-state index in [1.54, 1.807) is 17.2 Å². The number of rotatable bonds is 4. The van der Waals surface area contributed by atoms with Gasteiger partial charge in [-0.2, -0.15) is 0 Å². The van der Waals surface area contributed by atoms with E-state index in [9.17, 15) is 9.59 Å². The fraction of sp³-hybridized carbons (Fsp3) is 0.200. The molecule has 0 bridgehead atoms. The third-order valence-electron chi connectivity index (χ3n) is 6.04. The fourth-order valence-corrected chi connectivity index (χ4v) is 4.69. The molecule has 5 rings (SSSR count). The number of nitrogens with zero attached hydrogens (tertiary/aromatic N) is 3. The van der Waals surface area contributed by atoms with Crippen molar-refractivity contribution in [3.63, 3.8) is 0 Å². The van der Waals surface area contributed by atoms with Crippen molar-refractivity contribution in [2.45, 2.75) is 12.1 Å². The first-order chi connectivity index (χ1) is 15.9. The van der Waals surface area contributed by atoms with Crippen LogP contribution < -0.4 is 14.9 Å². The summed E-state index contributed by atoms with van der Waals surface area (Å²) < 4.78 is 0. The average molecular weight is 482 g/mol. The highest BCUT2D eigenvalue weighted by atomic mass is 35.5. The van der Waals surface area contributed by atoms with Gasteiger partial charge in [0.2, 0.25) is 5.91 Å². The predicted molar refractivity (Wildman–Crippen MR) is 130 cm³/mol. The van der Waals surface area contributed by atoms with Crippen LogP contribution in [0, 0.1) is 5.92 Å². The summed E-state index contributed by atoms with van der Waals surface area (Å²) in [4.78, 5) is 36.3. The highest BCUT2D eigenvalue weighted by molar-refractivity contribution is 6.42. The maximum atomic E-state index is 13.6. The van der Waals surface area contributed by atoms with Crippen molar-refractivity contribution in [3.05, 3.63) is 88.4 Å². The summed E-state index contributed by atoms with van der Waals surface area (Å²) in [5, 5.41) is 2.31. The number of carbonyl (C=O) groups is 2. The van der Waals surface area contributed by atoms with Gasteiger partial charge in [0, 0.05) is 19.8 Å². The fourth-order valence-electron chi connectivity index (χ4n) is 4.40. The van der Waals surface area contributed by atoms with Crippen LogP contribution in [0.4, 0.5) is 17.1 Å². The molecular weight excluding hydrogens is 461 g/mol. The van der Waals surface area contributed by atoms with Crippen LogP contribution >= 0.6 is 23.2 Å². The number of benzene rings is 3. The van der Waals surface area contributed by atoms with Gasteiger partial charge in [0.25, 0.3) is 5.91 Å². The lowest BCUT2D eigenvalue weighted by molar-refractivity contribution is -0.126. The Kier molecular flexibility index (Phi) is 5.52. The van der Waals surface area contributed by atoms with E-state index in [2.05, 4.69) is 0 Å². The van der Waals surface area contributed by atoms with Crippen molar-refractivity contribution in [1.82, 2.24) is 0 Å². The van der Waals surface area contributed by atoms with Crippen LogP contribution in [0.5, 0.6) is 0 Å². The largest absolute Gasteiger partial charge is 0.378 e. The predicted octanol–water partition coefficient (Wildman–Crippen LogP) is 5.11. The first-order valence-electron chi connectivity index (χ1n) is 10.5. The van der Waals surface area contributed by atoms with Gasteiger partial charge in [0.05, 0.1) is 27.5 Å². The molecule has 6 nitrogen and oxygen atoms in total. The molecule has 0 aliphatic carbocycles. The summed E-state index contributed by atoms with van der Waals surface area (Å²) in [5.41, 5.74) is 3.07. The van der Waals surface area contributed by atoms with Crippen molar-refractivity contribution >= 4 is 52.1 Å². The molecule has 168 valence electrons. The number of fused-ring (bicyclic) bond motifs is 1. The minimum atomic E-state index is -0.939. The second kappa shape index (κ2) is 8.37. The number of amides is 2. The molecule has 2 saturated heterocycles. The Bertz CT molecular complexity index is 1220. The number of hydrogen-bond acceptors (Lipinski definition) is 5. The molecule has 33 heavy (non-hydrogen) atoms. The van der Waals surface area contributed by atoms with E-state index in [4.69, 9.17) is 28.0 Å². The van der Waals surface area contributed by atoms with Crippen molar-refractivity contribution in [1.29, 1.82) is 0 Å². The number of anilines is 3. The third-order valence-corrected chi connectivity index (χ3v) is 6.78. The van der Waals surface area contributed by atoms with E-state index in [0.29, 0.717) is 10.7 Å². The minimum Gasteiger partial charge on any atom is -0.378 e. The van der Waals surface area contributed by atoms with E-state index in [1.165, 1.54) is 6.07 Å². The number of halogens is 2. The Labute approximate surface area is 201 Å². The number of para-hydroxylation sites is 1. The van der Waals surface area contributed by atoms with E-state index in [0.717, 1.165) is 21.8 Å².